The van der Waals surface area contributed by atoms with Gasteiger partial charge in [0.2, 0.25) is 0 Å². The number of hydrogen-bond donors (Lipinski definition) is 1. The SMILES string of the molecule is C=CCN(CCOC)CCC1(CN)CCC1. The fourth-order valence-electron chi connectivity index (χ4n) is 2.33. The minimum Gasteiger partial charge on any atom is -0.383 e. The van der Waals surface area contributed by atoms with Crippen LogP contribution in [0.4, 0.5) is 0 Å². The lowest BCUT2D eigenvalue weighted by molar-refractivity contribution is 0.0963. The standard InChI is InChI=1S/C13H26N2O/c1-3-8-15(10-11-16-2)9-7-13(12-14)5-4-6-13/h3H,1,4-12,14H2,2H3. The second-order valence-electron chi connectivity index (χ2n) is 4.89. The largest absolute Gasteiger partial charge is 0.383 e. The second kappa shape index (κ2) is 7.05. The van der Waals surface area contributed by atoms with Crippen LogP contribution in [0.3, 0.4) is 0 Å². The number of ether oxygens (including phenoxy) is 1. The van der Waals surface area contributed by atoms with Crippen LogP contribution in [0.1, 0.15) is 25.7 Å². The summed E-state index contributed by atoms with van der Waals surface area (Å²) >= 11 is 0. The molecule has 1 rings (SSSR count). The summed E-state index contributed by atoms with van der Waals surface area (Å²) in [6.07, 6.45) is 7.18. The Labute approximate surface area is 99.6 Å². The van der Waals surface area contributed by atoms with Crippen molar-refractivity contribution in [1.82, 2.24) is 4.90 Å². The zero-order valence-corrected chi connectivity index (χ0v) is 10.6. The summed E-state index contributed by atoms with van der Waals surface area (Å²) in [7, 11) is 1.75. The fourth-order valence-corrected chi connectivity index (χ4v) is 2.33. The van der Waals surface area contributed by atoms with E-state index in [9.17, 15) is 0 Å². The molecule has 16 heavy (non-hydrogen) atoms. The van der Waals surface area contributed by atoms with Gasteiger partial charge in [-0.3, -0.25) is 4.90 Å². The van der Waals surface area contributed by atoms with E-state index in [1.54, 1.807) is 7.11 Å². The molecule has 1 aliphatic rings. The molecule has 3 nitrogen and oxygen atoms in total. The van der Waals surface area contributed by atoms with Gasteiger partial charge in [0.25, 0.3) is 0 Å². The smallest absolute Gasteiger partial charge is 0.0589 e. The Morgan fingerprint density at radius 1 is 1.44 bits per heavy atom. The maximum Gasteiger partial charge on any atom is 0.0589 e. The molecule has 0 atom stereocenters. The molecule has 94 valence electrons. The predicted octanol–water partition coefficient (Wildman–Crippen LogP) is 1.64. The van der Waals surface area contributed by atoms with Crippen LogP contribution in [0, 0.1) is 5.41 Å². The lowest BCUT2D eigenvalue weighted by Crippen LogP contribution is -2.41. The van der Waals surface area contributed by atoms with Crippen LogP contribution in [0.2, 0.25) is 0 Å². The van der Waals surface area contributed by atoms with Gasteiger partial charge >= 0.3 is 0 Å². The van der Waals surface area contributed by atoms with Gasteiger partial charge in [0.1, 0.15) is 0 Å². The normalized spacial score (nSPS) is 18.4. The summed E-state index contributed by atoms with van der Waals surface area (Å²) in [5.74, 6) is 0. The van der Waals surface area contributed by atoms with Crippen molar-refractivity contribution in [3.05, 3.63) is 12.7 Å². The highest BCUT2D eigenvalue weighted by atomic mass is 16.5. The molecule has 0 saturated heterocycles. The average molecular weight is 226 g/mol. The molecule has 0 aromatic heterocycles. The van der Waals surface area contributed by atoms with Crippen LogP contribution in [0.5, 0.6) is 0 Å². The van der Waals surface area contributed by atoms with Gasteiger partial charge in [0, 0.05) is 20.2 Å². The van der Waals surface area contributed by atoms with E-state index in [1.807, 2.05) is 6.08 Å². The van der Waals surface area contributed by atoms with E-state index < -0.39 is 0 Å². The van der Waals surface area contributed by atoms with Crippen LogP contribution < -0.4 is 5.73 Å². The monoisotopic (exact) mass is 226 g/mol. The summed E-state index contributed by atoms with van der Waals surface area (Å²) < 4.78 is 5.12. The van der Waals surface area contributed by atoms with Gasteiger partial charge in [-0.15, -0.1) is 6.58 Å². The molecule has 0 radical (unpaired) electrons. The molecule has 1 fully saturated rings. The van der Waals surface area contributed by atoms with Crippen molar-refractivity contribution in [3.8, 4) is 0 Å². The van der Waals surface area contributed by atoms with Crippen LogP contribution in [-0.4, -0.2) is 44.8 Å². The molecule has 0 bridgehead atoms. The molecule has 0 aromatic rings. The van der Waals surface area contributed by atoms with Crippen molar-refractivity contribution in [2.75, 3.05) is 39.9 Å². The molecule has 0 aliphatic heterocycles. The fraction of sp³-hybridized carbons (Fsp3) is 0.846. The summed E-state index contributed by atoms with van der Waals surface area (Å²) in [5.41, 5.74) is 6.32. The Balaban J connectivity index is 2.27. The Morgan fingerprint density at radius 3 is 2.62 bits per heavy atom. The summed E-state index contributed by atoms with van der Waals surface area (Å²) in [4.78, 5) is 2.40. The van der Waals surface area contributed by atoms with E-state index in [0.717, 1.165) is 32.8 Å². The van der Waals surface area contributed by atoms with Gasteiger partial charge < -0.3 is 10.5 Å². The van der Waals surface area contributed by atoms with Crippen molar-refractivity contribution < 1.29 is 4.74 Å². The van der Waals surface area contributed by atoms with E-state index in [-0.39, 0.29) is 0 Å². The second-order valence-corrected chi connectivity index (χ2v) is 4.89. The third kappa shape index (κ3) is 3.89. The Morgan fingerprint density at radius 2 is 2.19 bits per heavy atom. The maximum absolute atomic E-state index is 5.87. The van der Waals surface area contributed by atoms with Gasteiger partial charge in [-0.1, -0.05) is 12.5 Å². The molecule has 0 spiro atoms. The third-order valence-corrected chi connectivity index (χ3v) is 3.80. The van der Waals surface area contributed by atoms with Gasteiger partial charge in [-0.05, 0) is 37.8 Å². The van der Waals surface area contributed by atoms with Crippen molar-refractivity contribution in [1.29, 1.82) is 0 Å². The molecular weight excluding hydrogens is 200 g/mol. The van der Waals surface area contributed by atoms with Gasteiger partial charge in [0.05, 0.1) is 6.61 Å². The number of methoxy groups -OCH3 is 1. The number of rotatable bonds is 9. The molecule has 3 heteroatoms. The minimum absolute atomic E-state index is 0.451. The molecule has 1 saturated carbocycles. The Kier molecular flexibility index (Phi) is 6.03. The number of nitrogens with two attached hydrogens (primary N) is 1. The minimum atomic E-state index is 0.451. The van der Waals surface area contributed by atoms with Gasteiger partial charge in [-0.2, -0.15) is 0 Å². The lowest BCUT2D eigenvalue weighted by atomic mass is 9.66. The molecule has 1 aliphatic carbocycles. The van der Waals surface area contributed by atoms with Gasteiger partial charge in [-0.25, -0.2) is 0 Å². The molecule has 2 N–H and O–H groups in total. The van der Waals surface area contributed by atoms with E-state index in [4.69, 9.17) is 10.5 Å². The molecular formula is C13H26N2O. The lowest BCUT2D eigenvalue weighted by Gasteiger charge is -2.42. The number of nitrogens with zero attached hydrogens (tertiary/aromatic N) is 1. The first-order chi connectivity index (χ1) is 7.76. The number of hydrogen-bond acceptors (Lipinski definition) is 3. The van der Waals surface area contributed by atoms with Crippen molar-refractivity contribution in [2.45, 2.75) is 25.7 Å². The van der Waals surface area contributed by atoms with Crippen molar-refractivity contribution >= 4 is 0 Å². The summed E-state index contributed by atoms with van der Waals surface area (Å²) in [6.45, 7) is 8.50. The zero-order valence-electron chi connectivity index (χ0n) is 10.6. The summed E-state index contributed by atoms with van der Waals surface area (Å²) in [6, 6.07) is 0. The van der Waals surface area contributed by atoms with E-state index in [1.165, 1.54) is 25.7 Å². The third-order valence-electron chi connectivity index (χ3n) is 3.80. The Hall–Kier alpha value is -0.380. The first kappa shape index (κ1) is 13.7. The van der Waals surface area contributed by atoms with Crippen LogP contribution >= 0.6 is 0 Å². The highest BCUT2D eigenvalue weighted by molar-refractivity contribution is 4.89. The quantitative estimate of drug-likeness (QED) is 0.607. The molecule has 0 heterocycles. The van der Waals surface area contributed by atoms with Crippen LogP contribution in [-0.2, 0) is 4.74 Å². The summed E-state index contributed by atoms with van der Waals surface area (Å²) in [5, 5.41) is 0. The van der Waals surface area contributed by atoms with E-state index in [2.05, 4.69) is 11.5 Å². The zero-order chi connectivity index (χ0) is 11.9. The first-order valence-corrected chi connectivity index (χ1v) is 6.28. The van der Waals surface area contributed by atoms with E-state index >= 15 is 0 Å². The highest BCUT2D eigenvalue weighted by Gasteiger charge is 2.35. The van der Waals surface area contributed by atoms with Gasteiger partial charge in [0.15, 0.2) is 0 Å². The van der Waals surface area contributed by atoms with Crippen LogP contribution in [0.15, 0.2) is 12.7 Å². The molecule has 0 aromatic carbocycles. The molecule has 0 unspecified atom stereocenters. The van der Waals surface area contributed by atoms with Crippen LogP contribution in [0.25, 0.3) is 0 Å². The maximum atomic E-state index is 5.87. The van der Waals surface area contributed by atoms with Crippen molar-refractivity contribution in [3.63, 3.8) is 0 Å². The van der Waals surface area contributed by atoms with E-state index in [0.29, 0.717) is 5.41 Å². The highest BCUT2D eigenvalue weighted by Crippen LogP contribution is 2.42. The molecule has 0 amide bonds. The first-order valence-electron chi connectivity index (χ1n) is 6.28. The topological polar surface area (TPSA) is 38.5 Å². The van der Waals surface area contributed by atoms with Crippen molar-refractivity contribution in [2.24, 2.45) is 11.1 Å². The average Bonchev–Trinajstić information content (AvgIpc) is 2.24. The Bertz CT molecular complexity index is 197. The predicted molar refractivity (Wildman–Crippen MR) is 68.5 cm³/mol.